The van der Waals surface area contributed by atoms with E-state index in [1.54, 1.807) is 0 Å². The first-order valence-corrected chi connectivity index (χ1v) is 3.87. The molecule has 0 aliphatic heterocycles. The highest BCUT2D eigenvalue weighted by Gasteiger charge is 1.98. The molecule has 2 heteroatoms. The molecule has 2 N–H and O–H groups in total. The highest BCUT2D eigenvalue weighted by atomic mass is 15.1. The minimum absolute atomic E-state index is 0.756. The van der Waals surface area contributed by atoms with Crippen LogP contribution in [0.3, 0.4) is 0 Å². The standard InChI is InChI=1S/C10H12N2/c1-3-12(4-2)10-7-5-9(11)6-8-10/h1,5-8H,4,11H2,2H3. The van der Waals surface area contributed by atoms with E-state index >= 15 is 0 Å². The van der Waals surface area contributed by atoms with Crippen LogP contribution in [0.15, 0.2) is 24.3 Å². The van der Waals surface area contributed by atoms with Gasteiger partial charge in [-0.05, 0) is 31.2 Å². The van der Waals surface area contributed by atoms with Gasteiger partial charge in [0.25, 0.3) is 0 Å². The Morgan fingerprint density at radius 1 is 1.42 bits per heavy atom. The monoisotopic (exact) mass is 160 g/mol. The predicted octanol–water partition coefficient (Wildman–Crippen LogP) is 1.69. The van der Waals surface area contributed by atoms with E-state index in [1.807, 2.05) is 36.1 Å². The maximum absolute atomic E-state index is 5.54. The average molecular weight is 160 g/mol. The number of benzene rings is 1. The summed E-state index contributed by atoms with van der Waals surface area (Å²) in [6.07, 6.45) is 5.30. The third-order valence-electron chi connectivity index (χ3n) is 1.68. The summed E-state index contributed by atoms with van der Waals surface area (Å²) in [4.78, 5) is 1.82. The van der Waals surface area contributed by atoms with Crippen molar-refractivity contribution in [3.8, 4) is 12.5 Å². The number of nitrogens with two attached hydrogens (primary N) is 1. The zero-order valence-corrected chi connectivity index (χ0v) is 7.12. The van der Waals surface area contributed by atoms with Crippen molar-refractivity contribution in [2.24, 2.45) is 0 Å². The molecule has 0 atom stereocenters. The van der Waals surface area contributed by atoms with Crippen LogP contribution in [0.2, 0.25) is 0 Å². The van der Waals surface area contributed by atoms with Gasteiger partial charge in [-0.3, -0.25) is 0 Å². The summed E-state index contributed by atoms with van der Waals surface area (Å²) in [5, 5.41) is 0. The Bertz CT molecular complexity index is 282. The molecule has 0 radical (unpaired) electrons. The highest BCUT2D eigenvalue weighted by molar-refractivity contribution is 5.55. The van der Waals surface area contributed by atoms with Crippen LogP contribution >= 0.6 is 0 Å². The lowest BCUT2D eigenvalue weighted by Gasteiger charge is -2.14. The van der Waals surface area contributed by atoms with Gasteiger partial charge in [-0.1, -0.05) is 6.42 Å². The molecule has 0 aromatic heterocycles. The molecule has 0 unspecified atom stereocenters. The molecular weight excluding hydrogens is 148 g/mol. The molecular formula is C10H12N2. The molecule has 1 aromatic carbocycles. The largest absolute Gasteiger partial charge is 0.399 e. The zero-order valence-electron chi connectivity index (χ0n) is 7.12. The predicted molar refractivity (Wildman–Crippen MR) is 52.7 cm³/mol. The van der Waals surface area contributed by atoms with Crippen LogP contribution in [0.4, 0.5) is 11.4 Å². The molecule has 0 amide bonds. The Kier molecular flexibility index (Phi) is 2.60. The van der Waals surface area contributed by atoms with Gasteiger partial charge in [-0.2, -0.15) is 0 Å². The zero-order chi connectivity index (χ0) is 8.97. The third-order valence-corrected chi connectivity index (χ3v) is 1.68. The summed E-state index contributed by atoms with van der Waals surface area (Å²) in [5.41, 5.74) is 7.30. The Balaban J connectivity index is 2.89. The highest BCUT2D eigenvalue weighted by Crippen LogP contribution is 2.14. The summed E-state index contributed by atoms with van der Waals surface area (Å²) in [6, 6.07) is 10.1. The summed E-state index contributed by atoms with van der Waals surface area (Å²) < 4.78 is 0. The summed E-state index contributed by atoms with van der Waals surface area (Å²) >= 11 is 0. The molecule has 0 heterocycles. The van der Waals surface area contributed by atoms with E-state index < -0.39 is 0 Å². The number of rotatable bonds is 2. The average Bonchev–Trinajstić information content (AvgIpc) is 2.10. The van der Waals surface area contributed by atoms with Gasteiger partial charge in [0, 0.05) is 24.0 Å². The second-order valence-corrected chi connectivity index (χ2v) is 2.46. The first-order chi connectivity index (χ1) is 5.77. The SMILES string of the molecule is C#CN(CC)c1ccc(N)cc1. The quantitative estimate of drug-likeness (QED) is 0.405. The van der Waals surface area contributed by atoms with Crippen LogP contribution in [-0.2, 0) is 0 Å². The number of hydrogen-bond acceptors (Lipinski definition) is 2. The maximum atomic E-state index is 5.54. The minimum Gasteiger partial charge on any atom is -0.399 e. The molecule has 0 bridgehead atoms. The van der Waals surface area contributed by atoms with Crippen LogP contribution in [0.5, 0.6) is 0 Å². The van der Waals surface area contributed by atoms with E-state index in [0.29, 0.717) is 0 Å². The fraction of sp³-hybridized carbons (Fsp3) is 0.200. The summed E-state index contributed by atoms with van der Waals surface area (Å²) in [6.45, 7) is 2.82. The molecule has 0 aliphatic rings. The topological polar surface area (TPSA) is 29.3 Å². The van der Waals surface area contributed by atoms with Crippen LogP contribution in [0.25, 0.3) is 0 Å². The van der Waals surface area contributed by atoms with Gasteiger partial charge < -0.3 is 10.6 Å². The van der Waals surface area contributed by atoms with Crippen molar-refractivity contribution in [1.29, 1.82) is 0 Å². The number of terminal acetylenes is 1. The number of nitrogens with zero attached hydrogens (tertiary/aromatic N) is 1. The van der Waals surface area contributed by atoms with E-state index in [9.17, 15) is 0 Å². The lowest BCUT2D eigenvalue weighted by molar-refractivity contribution is 1.05. The van der Waals surface area contributed by atoms with Crippen molar-refractivity contribution < 1.29 is 0 Å². The number of hydrogen-bond donors (Lipinski definition) is 1. The van der Waals surface area contributed by atoms with E-state index in [1.165, 1.54) is 0 Å². The number of nitrogen functional groups attached to an aromatic ring is 1. The van der Waals surface area contributed by atoms with Gasteiger partial charge in [-0.15, -0.1) is 0 Å². The second-order valence-electron chi connectivity index (χ2n) is 2.46. The van der Waals surface area contributed by atoms with Crippen LogP contribution < -0.4 is 10.6 Å². The van der Waals surface area contributed by atoms with Crippen LogP contribution in [0.1, 0.15) is 6.92 Å². The molecule has 62 valence electrons. The first kappa shape index (κ1) is 8.48. The summed E-state index contributed by atoms with van der Waals surface area (Å²) in [5.74, 6) is 0. The van der Waals surface area contributed by atoms with Gasteiger partial charge in [-0.25, -0.2) is 0 Å². The maximum Gasteiger partial charge on any atom is 0.0490 e. The second kappa shape index (κ2) is 3.68. The van der Waals surface area contributed by atoms with Crippen molar-refractivity contribution in [3.63, 3.8) is 0 Å². The van der Waals surface area contributed by atoms with Gasteiger partial charge >= 0.3 is 0 Å². The van der Waals surface area contributed by atoms with Crippen LogP contribution in [-0.4, -0.2) is 6.54 Å². The van der Waals surface area contributed by atoms with E-state index in [0.717, 1.165) is 17.9 Å². The van der Waals surface area contributed by atoms with Gasteiger partial charge in [0.2, 0.25) is 0 Å². The first-order valence-electron chi connectivity index (χ1n) is 3.87. The molecule has 0 saturated carbocycles. The van der Waals surface area contributed by atoms with Crippen molar-refractivity contribution in [1.82, 2.24) is 0 Å². The van der Waals surface area contributed by atoms with Crippen molar-refractivity contribution >= 4 is 11.4 Å². The molecule has 1 rings (SSSR count). The van der Waals surface area contributed by atoms with Crippen molar-refractivity contribution in [2.75, 3.05) is 17.2 Å². The van der Waals surface area contributed by atoms with Crippen molar-refractivity contribution in [3.05, 3.63) is 24.3 Å². The molecule has 0 spiro atoms. The lowest BCUT2D eigenvalue weighted by Crippen LogP contribution is -2.14. The van der Waals surface area contributed by atoms with E-state index in [4.69, 9.17) is 12.2 Å². The smallest absolute Gasteiger partial charge is 0.0490 e. The lowest BCUT2D eigenvalue weighted by atomic mass is 10.2. The van der Waals surface area contributed by atoms with Gasteiger partial charge in [0.05, 0.1) is 0 Å². The fourth-order valence-corrected chi connectivity index (χ4v) is 1.00. The molecule has 0 fully saturated rings. The van der Waals surface area contributed by atoms with Crippen LogP contribution in [0, 0.1) is 12.5 Å². The van der Waals surface area contributed by atoms with Gasteiger partial charge in [0.15, 0.2) is 0 Å². The molecule has 12 heavy (non-hydrogen) atoms. The molecule has 2 nitrogen and oxygen atoms in total. The van der Waals surface area contributed by atoms with E-state index in [-0.39, 0.29) is 0 Å². The molecule has 0 saturated heterocycles. The van der Waals surface area contributed by atoms with Gasteiger partial charge in [0.1, 0.15) is 0 Å². The normalized spacial score (nSPS) is 9.00. The fourth-order valence-electron chi connectivity index (χ4n) is 1.00. The number of anilines is 2. The Morgan fingerprint density at radius 2 is 2.00 bits per heavy atom. The summed E-state index contributed by atoms with van der Waals surface area (Å²) in [7, 11) is 0. The Morgan fingerprint density at radius 3 is 2.42 bits per heavy atom. The Hall–Kier alpha value is -1.62. The van der Waals surface area contributed by atoms with Crippen molar-refractivity contribution in [2.45, 2.75) is 6.92 Å². The Labute approximate surface area is 73.0 Å². The third kappa shape index (κ3) is 1.70. The van der Waals surface area contributed by atoms with E-state index in [2.05, 4.69) is 6.04 Å². The molecule has 0 aliphatic carbocycles. The molecule has 1 aromatic rings. The minimum atomic E-state index is 0.756.